The lowest BCUT2D eigenvalue weighted by Gasteiger charge is -2.37. The fraction of sp³-hybridized carbons (Fsp3) is 0.632. The fourth-order valence-corrected chi connectivity index (χ4v) is 5.92. The molecular formula is C19H28N4O2S. The Morgan fingerprint density at radius 2 is 1.88 bits per heavy atom. The van der Waals surface area contributed by atoms with Crippen molar-refractivity contribution in [1.29, 1.82) is 0 Å². The van der Waals surface area contributed by atoms with E-state index in [0.29, 0.717) is 38.0 Å². The van der Waals surface area contributed by atoms with Crippen LogP contribution in [0, 0.1) is 11.8 Å². The molecule has 2 saturated heterocycles. The Balaban J connectivity index is 1.43. The molecule has 1 unspecified atom stereocenters. The molecule has 3 heterocycles. The van der Waals surface area contributed by atoms with Crippen molar-refractivity contribution in [2.75, 3.05) is 26.2 Å². The summed E-state index contributed by atoms with van der Waals surface area (Å²) in [5.74, 6) is 1.91. The van der Waals surface area contributed by atoms with E-state index < -0.39 is 10.2 Å². The zero-order chi connectivity index (χ0) is 18.1. The molecule has 2 fully saturated rings. The topological polar surface area (TPSA) is 69.3 Å². The van der Waals surface area contributed by atoms with Crippen LogP contribution in [0.25, 0.3) is 11.0 Å². The monoisotopic (exact) mass is 376 g/mol. The van der Waals surface area contributed by atoms with Crippen LogP contribution in [0.4, 0.5) is 0 Å². The van der Waals surface area contributed by atoms with Gasteiger partial charge in [0.25, 0.3) is 10.2 Å². The van der Waals surface area contributed by atoms with Crippen LogP contribution < -0.4 is 0 Å². The number of nitrogens with zero attached hydrogens (tertiary/aromatic N) is 3. The van der Waals surface area contributed by atoms with Crippen LogP contribution in [0.3, 0.4) is 0 Å². The summed E-state index contributed by atoms with van der Waals surface area (Å²) in [6.45, 7) is 4.77. The third-order valence-corrected chi connectivity index (χ3v) is 7.80. The van der Waals surface area contributed by atoms with Crippen molar-refractivity contribution in [1.82, 2.24) is 18.6 Å². The molecule has 0 bridgehead atoms. The Hall–Kier alpha value is -1.44. The molecule has 0 aliphatic carbocycles. The highest BCUT2D eigenvalue weighted by atomic mass is 32.2. The van der Waals surface area contributed by atoms with Crippen molar-refractivity contribution in [3.8, 4) is 0 Å². The van der Waals surface area contributed by atoms with Gasteiger partial charge in [0.1, 0.15) is 5.82 Å². The Kier molecular flexibility index (Phi) is 5.03. The standard InChI is InChI=1S/C19H28N4O2S/c1-15-8-11-22(12-9-15)26(24,25)23-10-4-5-16(14-23)13-19-20-17-6-2-3-7-18(17)21-19/h2-3,6-7,15-16H,4-5,8-14H2,1H3,(H,20,21). The van der Waals surface area contributed by atoms with E-state index in [9.17, 15) is 8.42 Å². The molecule has 2 aliphatic heterocycles. The number of fused-ring (bicyclic) bond motifs is 1. The average molecular weight is 377 g/mol. The minimum absolute atomic E-state index is 0.322. The van der Waals surface area contributed by atoms with E-state index in [2.05, 4.69) is 16.9 Å². The number of hydrogen-bond donors (Lipinski definition) is 1. The number of H-pyrrole nitrogens is 1. The first kappa shape index (κ1) is 17.9. The molecule has 26 heavy (non-hydrogen) atoms. The Morgan fingerprint density at radius 1 is 1.12 bits per heavy atom. The molecule has 1 atom stereocenters. The van der Waals surface area contributed by atoms with E-state index in [1.54, 1.807) is 8.61 Å². The summed E-state index contributed by atoms with van der Waals surface area (Å²) in [7, 11) is -3.32. The minimum atomic E-state index is -3.32. The number of para-hydroxylation sites is 2. The highest BCUT2D eigenvalue weighted by molar-refractivity contribution is 7.86. The minimum Gasteiger partial charge on any atom is -0.342 e. The maximum absolute atomic E-state index is 13.0. The predicted octanol–water partition coefficient (Wildman–Crippen LogP) is 2.79. The number of aromatic amines is 1. The van der Waals surface area contributed by atoms with Crippen LogP contribution in [0.2, 0.25) is 0 Å². The average Bonchev–Trinajstić information content (AvgIpc) is 3.04. The highest BCUT2D eigenvalue weighted by Gasteiger charge is 2.35. The molecule has 0 saturated carbocycles. The number of piperidine rings is 2. The van der Waals surface area contributed by atoms with Gasteiger partial charge in [0.2, 0.25) is 0 Å². The first-order valence-corrected chi connectivity index (χ1v) is 11.1. The van der Waals surface area contributed by atoms with Crippen molar-refractivity contribution in [3.05, 3.63) is 30.1 Å². The first-order valence-electron chi connectivity index (χ1n) is 9.71. The largest absolute Gasteiger partial charge is 0.342 e. The van der Waals surface area contributed by atoms with E-state index >= 15 is 0 Å². The summed E-state index contributed by atoms with van der Waals surface area (Å²) in [6.07, 6.45) is 4.72. The van der Waals surface area contributed by atoms with Gasteiger partial charge >= 0.3 is 0 Å². The third-order valence-electron chi connectivity index (χ3n) is 5.80. The lowest BCUT2D eigenvalue weighted by molar-refractivity contribution is 0.224. The Bertz CT molecular complexity index is 822. The lowest BCUT2D eigenvalue weighted by atomic mass is 9.96. The van der Waals surface area contributed by atoms with Gasteiger partial charge < -0.3 is 4.98 Å². The van der Waals surface area contributed by atoms with Gasteiger partial charge in [-0.25, -0.2) is 4.98 Å². The van der Waals surface area contributed by atoms with Crippen molar-refractivity contribution in [2.24, 2.45) is 11.8 Å². The normalized spacial score (nSPS) is 24.3. The van der Waals surface area contributed by atoms with E-state index in [1.807, 2.05) is 24.3 Å². The molecule has 2 aliphatic rings. The van der Waals surface area contributed by atoms with E-state index in [-0.39, 0.29) is 0 Å². The summed E-state index contributed by atoms with van der Waals surface area (Å²) >= 11 is 0. The maximum atomic E-state index is 13.0. The summed E-state index contributed by atoms with van der Waals surface area (Å²) in [6, 6.07) is 8.02. The number of aromatic nitrogens is 2. The summed E-state index contributed by atoms with van der Waals surface area (Å²) in [5, 5.41) is 0. The van der Waals surface area contributed by atoms with Gasteiger partial charge in [-0.3, -0.25) is 0 Å². The number of hydrogen-bond acceptors (Lipinski definition) is 3. The molecular weight excluding hydrogens is 348 g/mol. The van der Waals surface area contributed by atoms with Gasteiger partial charge in [0, 0.05) is 32.6 Å². The van der Waals surface area contributed by atoms with Crippen molar-refractivity contribution < 1.29 is 8.42 Å². The van der Waals surface area contributed by atoms with Crippen LogP contribution in [0.15, 0.2) is 24.3 Å². The van der Waals surface area contributed by atoms with E-state index in [0.717, 1.165) is 49.0 Å². The molecule has 0 amide bonds. The van der Waals surface area contributed by atoms with Gasteiger partial charge in [0.15, 0.2) is 0 Å². The summed E-state index contributed by atoms with van der Waals surface area (Å²) < 4.78 is 29.4. The van der Waals surface area contributed by atoms with E-state index in [1.165, 1.54) is 0 Å². The van der Waals surface area contributed by atoms with Gasteiger partial charge in [-0.1, -0.05) is 19.1 Å². The highest BCUT2D eigenvalue weighted by Crippen LogP contribution is 2.26. The predicted molar refractivity (Wildman–Crippen MR) is 103 cm³/mol. The van der Waals surface area contributed by atoms with E-state index in [4.69, 9.17) is 0 Å². The second kappa shape index (κ2) is 7.29. The van der Waals surface area contributed by atoms with Crippen LogP contribution in [0.1, 0.15) is 38.4 Å². The maximum Gasteiger partial charge on any atom is 0.281 e. The molecule has 0 spiro atoms. The molecule has 1 aromatic carbocycles. The molecule has 0 radical (unpaired) electrons. The van der Waals surface area contributed by atoms with Gasteiger partial charge in [-0.05, 0) is 49.7 Å². The molecule has 6 nitrogen and oxygen atoms in total. The van der Waals surface area contributed by atoms with Crippen molar-refractivity contribution >= 4 is 21.2 Å². The number of nitrogens with one attached hydrogen (secondary N) is 1. The molecule has 4 rings (SSSR count). The van der Waals surface area contributed by atoms with Crippen LogP contribution in [-0.4, -0.2) is 53.2 Å². The number of benzene rings is 1. The molecule has 7 heteroatoms. The number of rotatable bonds is 4. The van der Waals surface area contributed by atoms with Crippen LogP contribution in [-0.2, 0) is 16.6 Å². The van der Waals surface area contributed by atoms with Crippen LogP contribution >= 0.6 is 0 Å². The molecule has 142 valence electrons. The van der Waals surface area contributed by atoms with Crippen molar-refractivity contribution in [2.45, 2.75) is 39.0 Å². The lowest BCUT2D eigenvalue weighted by Crippen LogP contribution is -2.50. The summed E-state index contributed by atoms with van der Waals surface area (Å²) in [4.78, 5) is 8.03. The Morgan fingerprint density at radius 3 is 2.65 bits per heavy atom. The van der Waals surface area contributed by atoms with Gasteiger partial charge in [0.05, 0.1) is 11.0 Å². The van der Waals surface area contributed by atoms with Crippen LogP contribution in [0.5, 0.6) is 0 Å². The molecule has 1 aromatic heterocycles. The quantitative estimate of drug-likeness (QED) is 0.892. The van der Waals surface area contributed by atoms with Crippen molar-refractivity contribution in [3.63, 3.8) is 0 Å². The second-order valence-electron chi connectivity index (χ2n) is 7.86. The fourth-order valence-electron chi connectivity index (χ4n) is 4.16. The zero-order valence-corrected chi connectivity index (χ0v) is 16.2. The SMILES string of the molecule is CC1CCN(S(=O)(=O)N2CCCC(Cc3nc4ccccc4[nH]3)C2)CC1. The number of imidazole rings is 1. The van der Waals surface area contributed by atoms with Gasteiger partial charge in [-0.2, -0.15) is 17.0 Å². The smallest absolute Gasteiger partial charge is 0.281 e. The molecule has 1 N–H and O–H groups in total. The second-order valence-corrected chi connectivity index (χ2v) is 9.79. The third kappa shape index (κ3) is 3.66. The van der Waals surface area contributed by atoms with Gasteiger partial charge in [-0.15, -0.1) is 0 Å². The summed E-state index contributed by atoms with van der Waals surface area (Å²) in [5.41, 5.74) is 2.02. The zero-order valence-electron chi connectivity index (χ0n) is 15.4. The Labute approximate surface area is 155 Å². The first-order chi connectivity index (χ1) is 12.5. The molecule has 2 aromatic rings.